The molecule has 44 heavy (non-hydrogen) atoms. The third kappa shape index (κ3) is 6.87. The lowest BCUT2D eigenvalue weighted by Crippen LogP contribution is -2.55. The van der Waals surface area contributed by atoms with Crippen LogP contribution in [0.5, 0.6) is 0 Å². The molecule has 226 valence electrons. The Morgan fingerprint density at radius 2 is 1.68 bits per heavy atom. The van der Waals surface area contributed by atoms with Crippen LogP contribution in [0.3, 0.4) is 0 Å². The van der Waals surface area contributed by atoms with Crippen LogP contribution in [0.4, 0.5) is 4.39 Å². The van der Waals surface area contributed by atoms with Gasteiger partial charge in [0.15, 0.2) is 0 Å². The molecule has 2 aromatic heterocycles. The lowest BCUT2D eigenvalue weighted by Gasteiger charge is -2.24. The molecular weight excluding hydrogens is 564 g/mol. The molecule has 12 heteroatoms. The number of nitrogens with zero attached hydrogens (tertiary/aromatic N) is 1. The fourth-order valence-corrected chi connectivity index (χ4v) is 5.37. The highest BCUT2D eigenvalue weighted by Crippen LogP contribution is 2.21. The summed E-state index contributed by atoms with van der Waals surface area (Å²) in [5.41, 5.74) is 2.11. The van der Waals surface area contributed by atoms with Crippen molar-refractivity contribution in [2.75, 3.05) is 0 Å². The van der Waals surface area contributed by atoms with Crippen LogP contribution in [0, 0.1) is 11.7 Å². The molecule has 0 fully saturated rings. The first-order chi connectivity index (χ1) is 21.1. The van der Waals surface area contributed by atoms with Crippen molar-refractivity contribution in [3.63, 3.8) is 0 Å². The van der Waals surface area contributed by atoms with E-state index in [1.807, 2.05) is 38.1 Å². The minimum Gasteiger partial charge on any atom is -0.426 e. The zero-order valence-electron chi connectivity index (χ0n) is 24.3. The number of amides is 2. The van der Waals surface area contributed by atoms with E-state index in [0.29, 0.717) is 28.5 Å². The van der Waals surface area contributed by atoms with E-state index in [9.17, 15) is 24.4 Å². The molecule has 0 bridgehead atoms. The number of nitrogens with one attached hydrogen (secondary N) is 4. The number of H-pyrrole nitrogens is 2. The molecule has 0 radical (unpaired) electrons. The molecule has 2 amide bonds. The highest BCUT2D eigenvalue weighted by molar-refractivity contribution is 6.43. The van der Waals surface area contributed by atoms with Gasteiger partial charge in [0.05, 0.1) is 22.6 Å². The quantitative estimate of drug-likeness (QED) is 0.128. The van der Waals surface area contributed by atoms with Crippen LogP contribution in [0.1, 0.15) is 47.4 Å². The van der Waals surface area contributed by atoms with Crippen molar-refractivity contribution >= 4 is 40.6 Å². The van der Waals surface area contributed by atoms with Crippen molar-refractivity contribution in [3.05, 3.63) is 111 Å². The van der Waals surface area contributed by atoms with Gasteiger partial charge in [0, 0.05) is 35.3 Å². The van der Waals surface area contributed by atoms with Crippen LogP contribution < -0.4 is 16.2 Å². The first-order valence-corrected chi connectivity index (χ1v) is 14.4. The molecular formula is C32H33BFN5O5. The predicted molar refractivity (Wildman–Crippen MR) is 166 cm³/mol. The molecule has 2 heterocycles. The van der Waals surface area contributed by atoms with E-state index in [0.717, 1.165) is 16.5 Å². The second-order valence-corrected chi connectivity index (χ2v) is 11.3. The molecule has 0 saturated heterocycles. The Balaban J connectivity index is 1.43. The lowest BCUT2D eigenvalue weighted by molar-refractivity contribution is -0.123. The van der Waals surface area contributed by atoms with Gasteiger partial charge in [0.2, 0.25) is 5.91 Å². The Bertz CT molecular complexity index is 1870. The number of rotatable bonds is 11. The fourth-order valence-electron chi connectivity index (χ4n) is 5.37. The minimum absolute atomic E-state index is 0.0506. The fraction of sp³-hybridized carbons (Fsp3) is 0.250. The Morgan fingerprint density at radius 1 is 0.977 bits per heavy atom. The number of halogens is 1. The minimum atomic E-state index is -1.81. The van der Waals surface area contributed by atoms with Crippen molar-refractivity contribution in [2.24, 2.45) is 5.92 Å². The molecule has 3 aromatic carbocycles. The predicted octanol–water partition coefficient (Wildman–Crippen LogP) is 3.02. The molecule has 0 aliphatic carbocycles. The van der Waals surface area contributed by atoms with E-state index in [2.05, 4.69) is 25.8 Å². The third-order valence-corrected chi connectivity index (χ3v) is 7.56. The van der Waals surface area contributed by atoms with Crippen molar-refractivity contribution in [1.29, 1.82) is 0 Å². The zero-order valence-corrected chi connectivity index (χ0v) is 24.3. The highest BCUT2D eigenvalue weighted by Gasteiger charge is 2.31. The number of aromatic nitrogens is 3. The third-order valence-electron chi connectivity index (χ3n) is 7.56. The van der Waals surface area contributed by atoms with E-state index in [1.54, 1.807) is 30.5 Å². The summed E-state index contributed by atoms with van der Waals surface area (Å²) in [5, 5.41) is 33.7. The summed E-state index contributed by atoms with van der Waals surface area (Å²) in [6.45, 7) is 3.77. The van der Waals surface area contributed by atoms with Crippen LogP contribution in [0.15, 0.2) is 77.7 Å². The summed E-state index contributed by atoms with van der Waals surface area (Å²) in [6.07, 6.45) is 2.31. The van der Waals surface area contributed by atoms with Gasteiger partial charge in [-0.2, -0.15) is 5.10 Å². The molecule has 0 saturated carbocycles. The number of fused-ring (bicyclic) bond motifs is 2. The average molecular weight is 597 g/mol. The van der Waals surface area contributed by atoms with Crippen LogP contribution >= 0.6 is 0 Å². The second kappa shape index (κ2) is 13.2. The molecule has 6 N–H and O–H groups in total. The number of para-hydroxylation sites is 1. The SMILES string of the molecule is CC(C)C[C@H](NC(=O)[C@H](Cc1c[nH]c2ccccc12)NC(=O)c1cc(Cc2n[nH]c(=O)c3ccccc23)ccc1F)B(O)O. The maximum absolute atomic E-state index is 15.1. The summed E-state index contributed by atoms with van der Waals surface area (Å²) in [7, 11) is -1.81. The van der Waals surface area contributed by atoms with Gasteiger partial charge in [0.1, 0.15) is 11.9 Å². The lowest BCUT2D eigenvalue weighted by atomic mass is 9.75. The van der Waals surface area contributed by atoms with E-state index >= 15 is 4.39 Å². The number of carbonyl (C=O) groups excluding carboxylic acids is 2. The summed E-state index contributed by atoms with van der Waals surface area (Å²) in [6, 6.07) is 17.4. The maximum atomic E-state index is 15.1. The first kappa shape index (κ1) is 30.6. The number of hydrogen-bond donors (Lipinski definition) is 6. The van der Waals surface area contributed by atoms with Gasteiger partial charge in [-0.1, -0.05) is 56.3 Å². The van der Waals surface area contributed by atoms with Gasteiger partial charge in [-0.15, -0.1) is 0 Å². The van der Waals surface area contributed by atoms with E-state index in [-0.39, 0.29) is 29.9 Å². The summed E-state index contributed by atoms with van der Waals surface area (Å²) >= 11 is 0. The van der Waals surface area contributed by atoms with Crippen LogP contribution in [-0.4, -0.2) is 56.1 Å². The molecule has 5 aromatic rings. The number of benzene rings is 3. The normalized spacial score (nSPS) is 12.8. The Morgan fingerprint density at radius 3 is 2.41 bits per heavy atom. The summed E-state index contributed by atoms with van der Waals surface area (Å²) in [4.78, 5) is 42.4. The molecule has 5 rings (SSSR count). The van der Waals surface area contributed by atoms with Gasteiger partial charge >= 0.3 is 7.12 Å². The summed E-state index contributed by atoms with van der Waals surface area (Å²) in [5.74, 6) is -3.14. The van der Waals surface area contributed by atoms with Gasteiger partial charge in [-0.05, 0) is 47.7 Å². The Hall–Kier alpha value is -4.81. The molecule has 2 atom stereocenters. The second-order valence-electron chi connectivity index (χ2n) is 11.3. The van der Waals surface area contributed by atoms with Crippen molar-refractivity contribution in [1.82, 2.24) is 25.8 Å². The van der Waals surface area contributed by atoms with Crippen LogP contribution in [0.2, 0.25) is 0 Å². The maximum Gasteiger partial charge on any atom is 0.475 e. The standard InChI is InChI=1S/C32H33BFN5O5/c1-18(2)13-29(33(43)44)37-32(42)28(16-20-17-35-26-10-6-5-7-21(20)26)36-30(40)24-14-19(11-12-25(24)34)15-27-22-8-3-4-9-23(22)31(41)39-38-27/h3-12,14,17-18,28-29,35,43-44H,13,15-16H2,1-2H3,(H,36,40)(H,37,42)(H,39,41)/t28-,29-/m0/s1. The van der Waals surface area contributed by atoms with Crippen molar-refractivity contribution in [2.45, 2.75) is 45.1 Å². The van der Waals surface area contributed by atoms with Gasteiger partial charge in [0.25, 0.3) is 11.5 Å². The van der Waals surface area contributed by atoms with E-state index in [1.165, 1.54) is 18.2 Å². The van der Waals surface area contributed by atoms with Crippen LogP contribution in [0.25, 0.3) is 21.7 Å². The Labute approximate surface area is 252 Å². The van der Waals surface area contributed by atoms with Gasteiger partial charge in [-0.3, -0.25) is 14.4 Å². The topological polar surface area (TPSA) is 160 Å². The van der Waals surface area contributed by atoms with Gasteiger partial charge in [-0.25, -0.2) is 9.49 Å². The Kier molecular flexibility index (Phi) is 9.22. The van der Waals surface area contributed by atoms with Gasteiger partial charge < -0.3 is 25.7 Å². The largest absolute Gasteiger partial charge is 0.475 e. The summed E-state index contributed by atoms with van der Waals surface area (Å²) < 4.78 is 15.1. The molecule has 10 nitrogen and oxygen atoms in total. The average Bonchev–Trinajstić information content (AvgIpc) is 3.41. The molecule has 0 spiro atoms. The monoisotopic (exact) mass is 597 g/mol. The number of hydrogen-bond acceptors (Lipinski definition) is 6. The number of carbonyl (C=O) groups is 2. The van der Waals surface area contributed by atoms with Crippen molar-refractivity contribution in [3.8, 4) is 0 Å². The zero-order chi connectivity index (χ0) is 31.4. The van der Waals surface area contributed by atoms with Crippen LogP contribution in [-0.2, 0) is 17.6 Å². The first-order valence-electron chi connectivity index (χ1n) is 14.4. The van der Waals surface area contributed by atoms with Crippen molar-refractivity contribution < 1.29 is 24.0 Å². The number of aromatic amines is 2. The molecule has 0 aliphatic rings. The highest BCUT2D eigenvalue weighted by atomic mass is 19.1. The molecule has 0 unspecified atom stereocenters. The smallest absolute Gasteiger partial charge is 0.426 e. The molecule has 0 aliphatic heterocycles. The van der Waals surface area contributed by atoms with E-state index < -0.39 is 36.7 Å². The van der Waals surface area contributed by atoms with E-state index in [4.69, 9.17) is 0 Å².